The lowest BCUT2D eigenvalue weighted by atomic mass is 10.0. The highest BCUT2D eigenvalue weighted by Crippen LogP contribution is 2.19. The average Bonchev–Trinajstić information content (AvgIpc) is 2.52. The van der Waals surface area contributed by atoms with Crippen LogP contribution in [0.2, 0.25) is 0 Å². The standard InChI is InChI=1S/C18H24N2.2ClH/c1-2-19-13-6-14-20-15-16-9-11-18(12-10-16)17-7-4-3-5-8-17;;/h3-5,7-12,19-20H,2,6,13-15H2,1H3;2*1H. The molecule has 0 aliphatic heterocycles. The molecule has 2 nitrogen and oxygen atoms in total. The smallest absolute Gasteiger partial charge is 0.0205 e. The second kappa shape index (κ2) is 12.5. The highest BCUT2D eigenvalue weighted by molar-refractivity contribution is 5.85. The van der Waals surface area contributed by atoms with Gasteiger partial charge in [0.1, 0.15) is 0 Å². The van der Waals surface area contributed by atoms with E-state index in [0.717, 1.165) is 26.2 Å². The molecule has 0 saturated carbocycles. The summed E-state index contributed by atoms with van der Waals surface area (Å²) in [5.41, 5.74) is 3.90. The topological polar surface area (TPSA) is 24.1 Å². The molecule has 0 aliphatic rings. The third-order valence-corrected chi connectivity index (χ3v) is 3.35. The highest BCUT2D eigenvalue weighted by atomic mass is 35.5. The maximum atomic E-state index is 3.48. The van der Waals surface area contributed by atoms with Crippen LogP contribution in [0.3, 0.4) is 0 Å². The Hall–Kier alpha value is -1.06. The summed E-state index contributed by atoms with van der Waals surface area (Å²) >= 11 is 0. The van der Waals surface area contributed by atoms with Crippen LogP contribution in [0.4, 0.5) is 0 Å². The van der Waals surface area contributed by atoms with Crippen molar-refractivity contribution >= 4 is 24.8 Å². The first-order chi connectivity index (χ1) is 9.90. The van der Waals surface area contributed by atoms with Crippen LogP contribution < -0.4 is 10.6 Å². The van der Waals surface area contributed by atoms with E-state index in [-0.39, 0.29) is 24.8 Å². The number of benzene rings is 2. The highest BCUT2D eigenvalue weighted by Gasteiger charge is 1.97. The molecule has 2 N–H and O–H groups in total. The molecule has 2 aromatic rings. The van der Waals surface area contributed by atoms with E-state index in [2.05, 4.69) is 72.2 Å². The quantitative estimate of drug-likeness (QED) is 0.700. The third-order valence-electron chi connectivity index (χ3n) is 3.35. The van der Waals surface area contributed by atoms with E-state index in [0.29, 0.717) is 0 Å². The molecule has 0 unspecified atom stereocenters. The van der Waals surface area contributed by atoms with Gasteiger partial charge in [-0.1, -0.05) is 61.5 Å². The van der Waals surface area contributed by atoms with E-state index < -0.39 is 0 Å². The lowest BCUT2D eigenvalue weighted by Crippen LogP contribution is -2.21. The molecule has 4 heteroatoms. The van der Waals surface area contributed by atoms with Crippen LogP contribution in [0, 0.1) is 0 Å². The zero-order valence-corrected chi connectivity index (χ0v) is 14.7. The summed E-state index contributed by atoms with van der Waals surface area (Å²) in [5, 5.41) is 6.81. The SMILES string of the molecule is CCNCCCNCc1ccc(-c2ccccc2)cc1.Cl.Cl. The Labute approximate surface area is 146 Å². The molecule has 22 heavy (non-hydrogen) atoms. The maximum Gasteiger partial charge on any atom is 0.0205 e. The van der Waals surface area contributed by atoms with Crippen molar-refractivity contribution in [3.8, 4) is 11.1 Å². The van der Waals surface area contributed by atoms with Crippen molar-refractivity contribution in [2.75, 3.05) is 19.6 Å². The van der Waals surface area contributed by atoms with E-state index in [1.165, 1.54) is 23.1 Å². The number of halogens is 2. The van der Waals surface area contributed by atoms with Crippen LogP contribution in [0.5, 0.6) is 0 Å². The molecule has 0 saturated heterocycles. The van der Waals surface area contributed by atoms with E-state index in [1.807, 2.05) is 0 Å². The lowest BCUT2D eigenvalue weighted by Gasteiger charge is -2.07. The Bertz CT molecular complexity index is 486. The molecule has 0 aliphatic carbocycles. The molecule has 0 heterocycles. The molecule has 122 valence electrons. The second-order valence-electron chi connectivity index (χ2n) is 4.95. The van der Waals surface area contributed by atoms with Gasteiger partial charge in [-0.05, 0) is 42.7 Å². The number of rotatable bonds is 8. The van der Waals surface area contributed by atoms with Crippen LogP contribution in [0.25, 0.3) is 11.1 Å². The van der Waals surface area contributed by atoms with Gasteiger partial charge < -0.3 is 10.6 Å². The molecule has 0 bridgehead atoms. The van der Waals surface area contributed by atoms with Gasteiger partial charge in [0.15, 0.2) is 0 Å². The summed E-state index contributed by atoms with van der Waals surface area (Å²) in [6, 6.07) is 19.3. The van der Waals surface area contributed by atoms with Crippen LogP contribution in [0.1, 0.15) is 18.9 Å². The lowest BCUT2D eigenvalue weighted by molar-refractivity contribution is 0.606. The summed E-state index contributed by atoms with van der Waals surface area (Å²) in [6.45, 7) is 6.30. The Balaban J connectivity index is 0.00000220. The van der Waals surface area contributed by atoms with Crippen molar-refractivity contribution in [3.63, 3.8) is 0 Å². The van der Waals surface area contributed by atoms with Crippen LogP contribution in [0.15, 0.2) is 54.6 Å². The van der Waals surface area contributed by atoms with Gasteiger partial charge in [0.2, 0.25) is 0 Å². The fourth-order valence-corrected chi connectivity index (χ4v) is 2.19. The van der Waals surface area contributed by atoms with E-state index in [4.69, 9.17) is 0 Å². The molecule has 0 spiro atoms. The molecule has 2 aromatic carbocycles. The average molecular weight is 341 g/mol. The molecular weight excluding hydrogens is 315 g/mol. The van der Waals surface area contributed by atoms with E-state index in [9.17, 15) is 0 Å². The first-order valence-electron chi connectivity index (χ1n) is 7.46. The van der Waals surface area contributed by atoms with Gasteiger partial charge in [-0.3, -0.25) is 0 Å². The minimum Gasteiger partial charge on any atom is -0.317 e. The zero-order valence-electron chi connectivity index (χ0n) is 13.0. The minimum absolute atomic E-state index is 0. The Kier molecular flexibility index (Phi) is 11.9. The zero-order chi connectivity index (χ0) is 14.0. The van der Waals surface area contributed by atoms with Crippen molar-refractivity contribution < 1.29 is 0 Å². The van der Waals surface area contributed by atoms with Crippen LogP contribution in [-0.4, -0.2) is 19.6 Å². The normalized spacial score (nSPS) is 9.68. The van der Waals surface area contributed by atoms with Crippen LogP contribution in [-0.2, 0) is 6.54 Å². The summed E-state index contributed by atoms with van der Waals surface area (Å²) in [6.07, 6.45) is 1.18. The van der Waals surface area contributed by atoms with Crippen molar-refractivity contribution in [2.45, 2.75) is 19.9 Å². The summed E-state index contributed by atoms with van der Waals surface area (Å²) < 4.78 is 0. The summed E-state index contributed by atoms with van der Waals surface area (Å²) in [7, 11) is 0. The predicted octanol–water partition coefficient (Wildman–Crippen LogP) is 4.29. The van der Waals surface area contributed by atoms with Crippen molar-refractivity contribution in [2.24, 2.45) is 0 Å². The summed E-state index contributed by atoms with van der Waals surface area (Å²) in [5.74, 6) is 0. The largest absolute Gasteiger partial charge is 0.317 e. The number of nitrogens with one attached hydrogen (secondary N) is 2. The first kappa shape index (κ1) is 20.9. The van der Waals surface area contributed by atoms with Gasteiger partial charge in [-0.15, -0.1) is 24.8 Å². The molecular formula is C18H26Cl2N2. The van der Waals surface area contributed by atoms with E-state index >= 15 is 0 Å². The first-order valence-corrected chi connectivity index (χ1v) is 7.46. The molecule has 2 rings (SSSR count). The van der Waals surface area contributed by atoms with Crippen LogP contribution >= 0.6 is 24.8 Å². The van der Waals surface area contributed by atoms with Gasteiger partial charge >= 0.3 is 0 Å². The van der Waals surface area contributed by atoms with Gasteiger partial charge in [0.25, 0.3) is 0 Å². The third kappa shape index (κ3) is 7.28. The molecule has 0 amide bonds. The van der Waals surface area contributed by atoms with Gasteiger partial charge in [0.05, 0.1) is 0 Å². The fraction of sp³-hybridized carbons (Fsp3) is 0.333. The second-order valence-corrected chi connectivity index (χ2v) is 4.95. The Morgan fingerprint density at radius 2 is 1.32 bits per heavy atom. The molecule has 0 atom stereocenters. The Morgan fingerprint density at radius 1 is 0.727 bits per heavy atom. The predicted molar refractivity (Wildman–Crippen MR) is 101 cm³/mol. The van der Waals surface area contributed by atoms with Crippen molar-refractivity contribution in [1.29, 1.82) is 0 Å². The maximum absolute atomic E-state index is 3.48. The minimum atomic E-state index is 0. The summed E-state index contributed by atoms with van der Waals surface area (Å²) in [4.78, 5) is 0. The van der Waals surface area contributed by atoms with E-state index in [1.54, 1.807) is 0 Å². The van der Waals surface area contributed by atoms with Gasteiger partial charge in [-0.25, -0.2) is 0 Å². The van der Waals surface area contributed by atoms with Gasteiger partial charge in [0, 0.05) is 6.54 Å². The molecule has 0 radical (unpaired) electrons. The van der Waals surface area contributed by atoms with Crippen molar-refractivity contribution in [1.82, 2.24) is 10.6 Å². The molecule has 0 fully saturated rings. The van der Waals surface area contributed by atoms with Gasteiger partial charge in [-0.2, -0.15) is 0 Å². The van der Waals surface area contributed by atoms with Crippen molar-refractivity contribution in [3.05, 3.63) is 60.2 Å². The Morgan fingerprint density at radius 3 is 1.95 bits per heavy atom. The number of hydrogen-bond acceptors (Lipinski definition) is 2. The number of hydrogen-bond donors (Lipinski definition) is 2. The molecule has 0 aromatic heterocycles. The fourth-order valence-electron chi connectivity index (χ4n) is 2.19. The monoisotopic (exact) mass is 340 g/mol.